The third-order valence-electron chi connectivity index (χ3n) is 4.39. The van der Waals surface area contributed by atoms with Crippen molar-refractivity contribution < 1.29 is 19.1 Å². The van der Waals surface area contributed by atoms with Gasteiger partial charge in [-0.05, 0) is 38.5 Å². The second kappa shape index (κ2) is 5.33. The molecule has 1 aromatic carbocycles. The van der Waals surface area contributed by atoms with E-state index in [1.165, 1.54) is 0 Å². The van der Waals surface area contributed by atoms with Crippen LogP contribution in [0, 0.1) is 5.41 Å². The van der Waals surface area contributed by atoms with Gasteiger partial charge in [0.2, 0.25) is 17.5 Å². The number of carbonyl (C=O) groups is 3. The van der Waals surface area contributed by atoms with E-state index in [-0.39, 0.29) is 11.5 Å². The molecular formula is C18H19NO4. The van der Waals surface area contributed by atoms with Gasteiger partial charge in [0.1, 0.15) is 5.75 Å². The second-order valence-corrected chi connectivity index (χ2v) is 6.40. The molecule has 3 rings (SSSR count). The van der Waals surface area contributed by atoms with Crippen LogP contribution in [0.4, 0.5) is 0 Å². The third-order valence-corrected chi connectivity index (χ3v) is 4.39. The number of hydrogen-bond donors (Lipinski definition) is 1. The molecule has 2 aliphatic rings. The number of rotatable bonds is 4. The highest BCUT2D eigenvalue weighted by Gasteiger charge is 2.49. The Kier molecular flexibility index (Phi) is 3.59. The fourth-order valence-electron chi connectivity index (χ4n) is 2.95. The average Bonchev–Trinajstić information content (AvgIpc) is 2.75. The summed E-state index contributed by atoms with van der Waals surface area (Å²) in [5.41, 5.74) is 0.613. The summed E-state index contributed by atoms with van der Waals surface area (Å²) in [7, 11) is 0. The highest BCUT2D eigenvalue weighted by molar-refractivity contribution is 6.54. The van der Waals surface area contributed by atoms with Gasteiger partial charge in [0.25, 0.3) is 0 Å². The summed E-state index contributed by atoms with van der Waals surface area (Å²) in [6.07, 6.45) is 1.93. The summed E-state index contributed by atoms with van der Waals surface area (Å²) in [5, 5.41) is 2.75. The van der Waals surface area contributed by atoms with Crippen LogP contribution >= 0.6 is 0 Å². The zero-order chi connectivity index (χ0) is 16.8. The molecule has 0 fully saturated rings. The Bertz CT molecular complexity index is 758. The average molecular weight is 313 g/mol. The molecule has 5 heteroatoms. The van der Waals surface area contributed by atoms with Gasteiger partial charge in [-0.25, -0.2) is 0 Å². The number of Topliss-reactive ketones (excluding diaryl/α,β-unsaturated/α-hetero) is 2. The molecule has 0 unspecified atom stereocenters. The Hall–Kier alpha value is -2.43. The van der Waals surface area contributed by atoms with Gasteiger partial charge in [-0.2, -0.15) is 0 Å². The van der Waals surface area contributed by atoms with Crippen LogP contribution in [0.15, 0.2) is 23.8 Å². The Balaban J connectivity index is 2.05. The van der Waals surface area contributed by atoms with Crippen molar-refractivity contribution in [3.05, 3.63) is 34.9 Å². The van der Waals surface area contributed by atoms with E-state index in [2.05, 4.69) is 12.2 Å². The molecule has 120 valence electrons. The SMILES string of the molecule is CCCCOc1ccc2c(c1)C(=O)C(=O)C1=C2NC(=O)C1(C)C. The van der Waals surface area contributed by atoms with Crippen molar-refractivity contribution in [2.24, 2.45) is 5.41 Å². The lowest BCUT2D eigenvalue weighted by Gasteiger charge is -2.21. The van der Waals surface area contributed by atoms with Crippen LogP contribution < -0.4 is 10.1 Å². The third kappa shape index (κ3) is 2.27. The first-order valence-electron chi connectivity index (χ1n) is 7.80. The first-order chi connectivity index (χ1) is 10.9. The molecule has 1 aliphatic carbocycles. The predicted octanol–water partition coefficient (Wildman–Crippen LogP) is 2.50. The number of benzene rings is 1. The topological polar surface area (TPSA) is 72.5 Å². The Labute approximate surface area is 134 Å². The number of ketones is 2. The molecular weight excluding hydrogens is 294 g/mol. The zero-order valence-electron chi connectivity index (χ0n) is 13.5. The van der Waals surface area contributed by atoms with E-state index in [1.807, 2.05) is 0 Å². The fourth-order valence-corrected chi connectivity index (χ4v) is 2.95. The van der Waals surface area contributed by atoms with E-state index >= 15 is 0 Å². The first-order valence-corrected chi connectivity index (χ1v) is 7.80. The largest absolute Gasteiger partial charge is 0.494 e. The summed E-state index contributed by atoms with van der Waals surface area (Å²) >= 11 is 0. The van der Waals surface area contributed by atoms with Crippen molar-refractivity contribution in [2.75, 3.05) is 6.61 Å². The van der Waals surface area contributed by atoms with Crippen LogP contribution in [0.1, 0.15) is 49.5 Å². The molecule has 1 aromatic rings. The Morgan fingerprint density at radius 3 is 2.52 bits per heavy atom. The standard InChI is InChI=1S/C18H19NO4/c1-4-5-8-23-10-6-7-11-12(9-10)15(20)16(21)13-14(11)19-17(22)18(13,2)3/h6-7,9H,4-5,8H2,1-3H3,(H,19,22). The number of fused-ring (bicyclic) bond motifs is 2. The highest BCUT2D eigenvalue weighted by Crippen LogP contribution is 2.43. The van der Waals surface area contributed by atoms with Gasteiger partial charge in [0.05, 0.1) is 17.7 Å². The van der Waals surface area contributed by atoms with Crippen molar-refractivity contribution in [3.63, 3.8) is 0 Å². The maximum atomic E-state index is 12.5. The van der Waals surface area contributed by atoms with Gasteiger partial charge < -0.3 is 10.1 Å². The Morgan fingerprint density at radius 1 is 1.09 bits per heavy atom. The van der Waals surface area contributed by atoms with E-state index < -0.39 is 17.0 Å². The molecule has 0 spiro atoms. The molecule has 1 amide bonds. The molecule has 0 saturated heterocycles. The minimum atomic E-state index is -0.990. The van der Waals surface area contributed by atoms with Crippen LogP contribution in [0.2, 0.25) is 0 Å². The van der Waals surface area contributed by atoms with Crippen LogP contribution in [-0.4, -0.2) is 24.1 Å². The lowest BCUT2D eigenvalue weighted by atomic mass is 9.77. The number of nitrogens with one attached hydrogen (secondary N) is 1. The van der Waals surface area contributed by atoms with E-state index in [1.54, 1.807) is 32.0 Å². The van der Waals surface area contributed by atoms with Crippen LogP contribution in [-0.2, 0) is 9.59 Å². The summed E-state index contributed by atoms with van der Waals surface area (Å²) in [6, 6.07) is 5.09. The molecule has 0 radical (unpaired) electrons. The molecule has 0 bridgehead atoms. The second-order valence-electron chi connectivity index (χ2n) is 6.40. The zero-order valence-corrected chi connectivity index (χ0v) is 13.5. The van der Waals surface area contributed by atoms with Crippen LogP contribution in [0.3, 0.4) is 0 Å². The minimum absolute atomic E-state index is 0.264. The van der Waals surface area contributed by atoms with Crippen molar-refractivity contribution >= 4 is 23.2 Å². The van der Waals surface area contributed by atoms with Crippen molar-refractivity contribution in [2.45, 2.75) is 33.6 Å². The normalized spacial score (nSPS) is 18.7. The lowest BCUT2D eigenvalue weighted by Crippen LogP contribution is -2.32. The highest BCUT2D eigenvalue weighted by atomic mass is 16.5. The molecule has 23 heavy (non-hydrogen) atoms. The number of carbonyl (C=O) groups excluding carboxylic acids is 3. The molecule has 0 atom stereocenters. The summed E-state index contributed by atoms with van der Waals surface area (Å²) in [6.45, 7) is 5.94. The van der Waals surface area contributed by atoms with Crippen molar-refractivity contribution in [1.29, 1.82) is 0 Å². The lowest BCUT2D eigenvalue weighted by molar-refractivity contribution is -0.126. The molecule has 5 nitrogen and oxygen atoms in total. The van der Waals surface area contributed by atoms with E-state index in [9.17, 15) is 14.4 Å². The van der Waals surface area contributed by atoms with Gasteiger partial charge >= 0.3 is 0 Å². The van der Waals surface area contributed by atoms with Gasteiger partial charge in [0, 0.05) is 16.7 Å². The van der Waals surface area contributed by atoms with Crippen molar-refractivity contribution in [3.8, 4) is 5.75 Å². The van der Waals surface area contributed by atoms with E-state index in [0.717, 1.165) is 12.8 Å². The molecule has 1 N–H and O–H groups in total. The predicted molar refractivity (Wildman–Crippen MR) is 85.0 cm³/mol. The molecule has 0 saturated carbocycles. The molecule has 0 aromatic heterocycles. The summed E-state index contributed by atoms with van der Waals surface area (Å²) in [4.78, 5) is 37.0. The molecule has 1 heterocycles. The first kappa shape index (κ1) is 15.5. The maximum absolute atomic E-state index is 12.5. The number of ether oxygens (including phenoxy) is 1. The van der Waals surface area contributed by atoms with Crippen LogP contribution in [0.5, 0.6) is 5.75 Å². The summed E-state index contributed by atoms with van der Waals surface area (Å²) in [5.74, 6) is -0.892. The fraction of sp³-hybridized carbons (Fsp3) is 0.389. The van der Waals surface area contributed by atoms with Gasteiger partial charge in [-0.15, -0.1) is 0 Å². The summed E-state index contributed by atoms with van der Waals surface area (Å²) < 4.78 is 5.60. The van der Waals surface area contributed by atoms with Gasteiger partial charge in [-0.1, -0.05) is 13.3 Å². The monoisotopic (exact) mass is 313 g/mol. The number of amides is 1. The van der Waals surface area contributed by atoms with Gasteiger partial charge in [-0.3, -0.25) is 14.4 Å². The van der Waals surface area contributed by atoms with Crippen LogP contribution in [0.25, 0.3) is 5.70 Å². The number of hydrogen-bond acceptors (Lipinski definition) is 4. The maximum Gasteiger partial charge on any atom is 0.234 e. The van der Waals surface area contributed by atoms with Crippen molar-refractivity contribution in [1.82, 2.24) is 5.32 Å². The van der Waals surface area contributed by atoms with E-state index in [0.29, 0.717) is 29.2 Å². The molecule has 1 aliphatic heterocycles. The number of unbranched alkanes of at least 4 members (excludes halogenated alkanes) is 1. The quantitative estimate of drug-likeness (QED) is 0.685. The Morgan fingerprint density at radius 2 is 1.83 bits per heavy atom. The van der Waals surface area contributed by atoms with Gasteiger partial charge in [0.15, 0.2) is 0 Å². The minimum Gasteiger partial charge on any atom is -0.494 e. The smallest absolute Gasteiger partial charge is 0.234 e. The van der Waals surface area contributed by atoms with E-state index in [4.69, 9.17) is 4.74 Å².